The van der Waals surface area contributed by atoms with Gasteiger partial charge in [0.05, 0.1) is 22.3 Å². The summed E-state index contributed by atoms with van der Waals surface area (Å²) in [5, 5.41) is 8.80. The summed E-state index contributed by atoms with van der Waals surface area (Å²) in [5.74, 6) is 1.62. The molecule has 0 aliphatic rings. The van der Waals surface area contributed by atoms with Crippen LogP contribution in [0.5, 0.6) is 11.5 Å². The summed E-state index contributed by atoms with van der Waals surface area (Å²) in [6, 6.07) is 15.2. The predicted molar refractivity (Wildman–Crippen MR) is 96.6 cm³/mol. The number of benzene rings is 2. The average Bonchev–Trinajstić information content (AvgIpc) is 2.46. The van der Waals surface area contributed by atoms with Crippen LogP contribution in [-0.4, -0.2) is 7.11 Å². The zero-order valence-electron chi connectivity index (χ0n) is 10.8. The maximum atomic E-state index is 8.80. The van der Waals surface area contributed by atoms with Gasteiger partial charge in [-0.1, -0.05) is 12.1 Å². The van der Waals surface area contributed by atoms with Crippen molar-refractivity contribution in [3.63, 3.8) is 0 Å². The van der Waals surface area contributed by atoms with Crippen molar-refractivity contribution in [2.24, 2.45) is 0 Å². The lowest BCUT2D eigenvalue weighted by atomic mass is 10.2. The zero-order valence-corrected chi connectivity index (χ0v) is 15.3. The summed E-state index contributed by atoms with van der Waals surface area (Å²) in [6.45, 7) is 0.492. The second-order valence-electron chi connectivity index (χ2n) is 3.89. The van der Waals surface area contributed by atoms with Gasteiger partial charge in [0.15, 0.2) is 0 Å². The molecule has 0 aliphatic heterocycles. The highest BCUT2D eigenvalue weighted by Gasteiger charge is 2.03. The fraction of sp³-hybridized carbons (Fsp3) is 0.133. The van der Waals surface area contributed by atoms with Crippen molar-refractivity contribution in [3.8, 4) is 17.6 Å². The molecule has 0 aliphatic carbocycles. The van der Waals surface area contributed by atoms with E-state index < -0.39 is 0 Å². The minimum atomic E-state index is 0. The van der Waals surface area contributed by atoms with Crippen LogP contribution in [-0.2, 0) is 6.61 Å². The number of hydrogen-bond donors (Lipinski definition) is 0. The van der Waals surface area contributed by atoms with Gasteiger partial charge in [0.2, 0.25) is 0 Å². The molecule has 0 saturated carbocycles. The molecular formula is C15H13I2NO2. The van der Waals surface area contributed by atoms with Gasteiger partial charge in [-0.25, -0.2) is 0 Å². The molecule has 20 heavy (non-hydrogen) atoms. The lowest BCUT2D eigenvalue weighted by Gasteiger charge is -2.09. The second kappa shape index (κ2) is 8.32. The smallest absolute Gasteiger partial charge is 0.133 e. The van der Waals surface area contributed by atoms with Crippen LogP contribution in [0.1, 0.15) is 11.1 Å². The van der Waals surface area contributed by atoms with Crippen LogP contribution in [0.2, 0.25) is 0 Å². The Morgan fingerprint density at radius 1 is 1.15 bits per heavy atom. The van der Waals surface area contributed by atoms with E-state index in [4.69, 9.17) is 14.7 Å². The van der Waals surface area contributed by atoms with Crippen LogP contribution in [0.15, 0.2) is 42.5 Å². The van der Waals surface area contributed by atoms with E-state index in [9.17, 15) is 0 Å². The van der Waals surface area contributed by atoms with E-state index in [2.05, 4.69) is 28.7 Å². The summed E-state index contributed by atoms with van der Waals surface area (Å²) in [6.07, 6.45) is 0. The van der Waals surface area contributed by atoms with E-state index in [1.165, 1.54) is 0 Å². The highest BCUT2D eigenvalue weighted by molar-refractivity contribution is 14.1. The highest BCUT2D eigenvalue weighted by Crippen LogP contribution is 2.23. The predicted octanol–water partition coefficient (Wildman–Crippen LogP) is 4.37. The van der Waals surface area contributed by atoms with Gasteiger partial charge < -0.3 is 9.47 Å². The number of halogens is 2. The molecule has 0 bridgehead atoms. The second-order valence-corrected chi connectivity index (χ2v) is 5.06. The molecule has 0 saturated heterocycles. The first-order valence-electron chi connectivity index (χ1n) is 5.68. The molecule has 0 atom stereocenters. The van der Waals surface area contributed by atoms with Gasteiger partial charge in [-0.3, -0.25) is 0 Å². The Balaban J connectivity index is 0.00000200. The SMILES string of the molecule is COc1ccc(COc2ccc(C#N)cc2I)cc1.I. The van der Waals surface area contributed by atoms with Crippen molar-refractivity contribution in [1.29, 1.82) is 5.26 Å². The molecule has 3 nitrogen and oxygen atoms in total. The van der Waals surface area contributed by atoms with Gasteiger partial charge in [0, 0.05) is 0 Å². The summed E-state index contributed by atoms with van der Waals surface area (Å²) in [5.41, 5.74) is 1.71. The molecule has 0 spiro atoms. The quantitative estimate of drug-likeness (QED) is 0.595. The Morgan fingerprint density at radius 3 is 2.40 bits per heavy atom. The number of hydrogen-bond acceptors (Lipinski definition) is 3. The van der Waals surface area contributed by atoms with Gasteiger partial charge in [-0.05, 0) is 58.5 Å². The van der Waals surface area contributed by atoms with Crippen molar-refractivity contribution in [1.82, 2.24) is 0 Å². The monoisotopic (exact) mass is 493 g/mol. The molecule has 5 heteroatoms. The van der Waals surface area contributed by atoms with E-state index in [1.807, 2.05) is 36.4 Å². The molecule has 2 aromatic rings. The molecule has 0 N–H and O–H groups in total. The van der Waals surface area contributed by atoms with Crippen LogP contribution in [0, 0.1) is 14.9 Å². The van der Waals surface area contributed by atoms with E-state index >= 15 is 0 Å². The lowest BCUT2D eigenvalue weighted by molar-refractivity contribution is 0.303. The number of methoxy groups -OCH3 is 1. The molecule has 0 fully saturated rings. The summed E-state index contributed by atoms with van der Waals surface area (Å²) < 4.78 is 11.8. The molecular weight excluding hydrogens is 480 g/mol. The minimum absolute atomic E-state index is 0. The van der Waals surface area contributed by atoms with Crippen molar-refractivity contribution < 1.29 is 9.47 Å². The van der Waals surface area contributed by atoms with Crippen molar-refractivity contribution >= 4 is 46.6 Å². The number of rotatable bonds is 4. The molecule has 2 rings (SSSR count). The third-order valence-electron chi connectivity index (χ3n) is 2.61. The van der Waals surface area contributed by atoms with Gasteiger partial charge in [-0.2, -0.15) is 5.26 Å². The van der Waals surface area contributed by atoms with Crippen molar-refractivity contribution in [2.75, 3.05) is 7.11 Å². The lowest BCUT2D eigenvalue weighted by Crippen LogP contribution is -1.97. The summed E-state index contributed by atoms with van der Waals surface area (Å²) >= 11 is 2.17. The highest BCUT2D eigenvalue weighted by atomic mass is 127. The maximum absolute atomic E-state index is 8.80. The Bertz CT molecular complexity index is 606. The molecule has 104 valence electrons. The average molecular weight is 493 g/mol. The minimum Gasteiger partial charge on any atom is -0.497 e. The Kier molecular flexibility index (Phi) is 7.09. The molecule has 0 aromatic heterocycles. The number of nitriles is 1. The van der Waals surface area contributed by atoms with Gasteiger partial charge in [0.25, 0.3) is 0 Å². The fourth-order valence-electron chi connectivity index (χ4n) is 1.57. The van der Waals surface area contributed by atoms with Gasteiger partial charge in [-0.15, -0.1) is 24.0 Å². The summed E-state index contributed by atoms with van der Waals surface area (Å²) in [4.78, 5) is 0. The molecule has 0 amide bonds. The third kappa shape index (κ3) is 4.52. The Labute approximate surface area is 149 Å². The van der Waals surface area contributed by atoms with E-state index in [0.29, 0.717) is 12.2 Å². The van der Waals surface area contributed by atoms with Gasteiger partial charge >= 0.3 is 0 Å². The van der Waals surface area contributed by atoms with Crippen LogP contribution >= 0.6 is 46.6 Å². The van der Waals surface area contributed by atoms with E-state index in [0.717, 1.165) is 20.6 Å². The summed E-state index contributed by atoms with van der Waals surface area (Å²) in [7, 11) is 1.64. The Morgan fingerprint density at radius 2 is 1.85 bits per heavy atom. The van der Waals surface area contributed by atoms with Crippen molar-refractivity contribution in [3.05, 3.63) is 57.2 Å². The van der Waals surface area contributed by atoms with Crippen LogP contribution in [0.3, 0.4) is 0 Å². The molecule has 0 heterocycles. The first-order valence-corrected chi connectivity index (χ1v) is 6.76. The van der Waals surface area contributed by atoms with E-state index in [-0.39, 0.29) is 24.0 Å². The fourth-order valence-corrected chi connectivity index (χ4v) is 2.24. The zero-order chi connectivity index (χ0) is 13.7. The standard InChI is InChI=1S/C15H12INO2.HI/c1-18-13-5-2-11(3-6-13)10-19-15-7-4-12(9-17)8-14(15)16;/h2-8H,10H2,1H3;1H. The van der Waals surface area contributed by atoms with Crippen molar-refractivity contribution in [2.45, 2.75) is 6.61 Å². The first-order chi connectivity index (χ1) is 9.22. The largest absolute Gasteiger partial charge is 0.497 e. The topological polar surface area (TPSA) is 42.2 Å². The normalized spacial score (nSPS) is 9.25. The van der Waals surface area contributed by atoms with Crippen LogP contribution in [0.4, 0.5) is 0 Å². The molecule has 0 radical (unpaired) electrons. The first kappa shape index (κ1) is 17.0. The maximum Gasteiger partial charge on any atom is 0.133 e. The Hall–Kier alpha value is -1.01. The molecule has 0 unspecified atom stereocenters. The third-order valence-corrected chi connectivity index (χ3v) is 3.46. The number of ether oxygens (including phenoxy) is 2. The van der Waals surface area contributed by atoms with Crippen LogP contribution in [0.25, 0.3) is 0 Å². The molecule has 2 aromatic carbocycles. The van der Waals surface area contributed by atoms with E-state index in [1.54, 1.807) is 13.2 Å². The number of nitrogens with zero attached hydrogens (tertiary/aromatic N) is 1. The van der Waals surface area contributed by atoms with Crippen LogP contribution < -0.4 is 9.47 Å². The van der Waals surface area contributed by atoms with Gasteiger partial charge in [0.1, 0.15) is 18.1 Å².